The van der Waals surface area contributed by atoms with Crippen LogP contribution in [0.25, 0.3) is 0 Å². The van der Waals surface area contributed by atoms with E-state index in [1.54, 1.807) is 55.4 Å². The summed E-state index contributed by atoms with van der Waals surface area (Å²) in [5.74, 6) is -4.29. The van der Waals surface area contributed by atoms with E-state index in [1.165, 1.54) is 21.0 Å². The molecule has 0 heterocycles. The molecule has 0 spiro atoms. The summed E-state index contributed by atoms with van der Waals surface area (Å²) in [6, 6.07) is -4.42. The lowest BCUT2D eigenvalue weighted by atomic mass is 9.97. The zero-order valence-corrected chi connectivity index (χ0v) is 43.2. The predicted octanol–water partition coefficient (Wildman–Crippen LogP) is 5.52. The Hall–Kier alpha value is -4.94. The molecule has 0 rings (SSSR count). The van der Waals surface area contributed by atoms with Gasteiger partial charge in [-0.2, -0.15) is 0 Å². The van der Waals surface area contributed by atoms with Gasteiger partial charge in [-0.25, -0.2) is 14.4 Å². The smallest absolute Gasteiger partial charge is 0.408 e. The number of hydrogen-bond donors (Lipinski definition) is 6. The maximum atomic E-state index is 13.9. The van der Waals surface area contributed by atoms with Crippen LogP contribution in [0.1, 0.15) is 155 Å². The van der Waals surface area contributed by atoms with Crippen LogP contribution in [0.4, 0.5) is 9.59 Å². The Morgan fingerprint density at radius 2 is 1.12 bits per heavy atom. The highest BCUT2D eigenvalue weighted by Gasteiger charge is 2.38. The van der Waals surface area contributed by atoms with Crippen molar-refractivity contribution in [3.05, 3.63) is 12.2 Å². The van der Waals surface area contributed by atoms with Gasteiger partial charge in [-0.05, 0) is 105 Å². The third kappa shape index (κ3) is 30.1. The maximum absolute atomic E-state index is 13.9. The van der Waals surface area contributed by atoms with Gasteiger partial charge in [0.15, 0.2) is 0 Å². The molecule has 6 amide bonds. The molecule has 0 aliphatic carbocycles. The van der Waals surface area contributed by atoms with Crippen molar-refractivity contribution in [1.29, 1.82) is 0 Å². The lowest BCUT2D eigenvalue weighted by molar-refractivity contribution is -0.146. The van der Waals surface area contributed by atoms with Gasteiger partial charge in [-0.15, -0.1) is 0 Å². The first-order chi connectivity index (χ1) is 31.0. The molecule has 19 nitrogen and oxygen atoms in total. The molecular weight excluding hydrogens is 869 g/mol. The molecule has 386 valence electrons. The molecule has 0 aliphatic rings. The average molecular weight is 955 g/mol. The van der Waals surface area contributed by atoms with Crippen LogP contribution in [0.3, 0.4) is 0 Å². The largest absolute Gasteiger partial charge is 0.467 e. The van der Waals surface area contributed by atoms with Crippen molar-refractivity contribution >= 4 is 47.8 Å². The summed E-state index contributed by atoms with van der Waals surface area (Å²) in [6.07, 6.45) is 9.23. The number of amides is 6. The first-order valence-corrected chi connectivity index (χ1v) is 23.6. The van der Waals surface area contributed by atoms with Crippen LogP contribution in [-0.4, -0.2) is 122 Å². The van der Waals surface area contributed by atoms with E-state index in [4.69, 9.17) is 23.7 Å². The summed E-state index contributed by atoms with van der Waals surface area (Å²) in [7, 11) is 1.22. The molecule has 4 atom stereocenters. The molecule has 0 unspecified atom stereocenters. The van der Waals surface area contributed by atoms with E-state index < -0.39 is 94.6 Å². The van der Waals surface area contributed by atoms with Gasteiger partial charge >= 0.3 is 24.1 Å². The van der Waals surface area contributed by atoms with Crippen LogP contribution in [0, 0.1) is 17.8 Å². The minimum absolute atomic E-state index is 0.00597. The Morgan fingerprint density at radius 1 is 0.582 bits per heavy atom. The van der Waals surface area contributed by atoms with Crippen LogP contribution in [0.2, 0.25) is 0 Å². The highest BCUT2D eigenvalue weighted by Crippen LogP contribution is 2.14. The molecule has 0 aromatic heterocycles. The lowest BCUT2D eigenvalue weighted by Crippen LogP contribution is -2.63. The van der Waals surface area contributed by atoms with E-state index in [0.717, 1.165) is 44.9 Å². The first kappa shape index (κ1) is 62.1. The lowest BCUT2D eigenvalue weighted by Gasteiger charge is -2.32. The van der Waals surface area contributed by atoms with Crippen LogP contribution < -0.4 is 31.9 Å². The fraction of sp³-hybridized carbons (Fsp3) is 0.792. The molecule has 19 heteroatoms. The highest BCUT2D eigenvalue weighted by molar-refractivity contribution is 5.97. The third-order valence-corrected chi connectivity index (χ3v) is 9.57. The van der Waals surface area contributed by atoms with E-state index in [1.807, 2.05) is 39.8 Å². The summed E-state index contributed by atoms with van der Waals surface area (Å²) >= 11 is 0. The fourth-order valence-corrected chi connectivity index (χ4v) is 6.21. The molecule has 0 fully saturated rings. The molecule has 0 bridgehead atoms. The number of carbonyl (C=O) groups is 8. The summed E-state index contributed by atoms with van der Waals surface area (Å²) in [5, 5.41) is 15.8. The molecule has 0 radical (unpaired) electrons. The van der Waals surface area contributed by atoms with E-state index in [9.17, 15) is 38.4 Å². The van der Waals surface area contributed by atoms with Crippen LogP contribution >= 0.6 is 0 Å². The summed E-state index contributed by atoms with van der Waals surface area (Å²) in [5.41, 5.74) is -3.00. The molecule has 0 saturated heterocycles. The van der Waals surface area contributed by atoms with E-state index >= 15 is 0 Å². The quantitative estimate of drug-likeness (QED) is 0.0225. The third-order valence-electron chi connectivity index (χ3n) is 9.57. The number of alkyl carbamates (subject to hydrolysis) is 2. The molecule has 6 N–H and O–H groups in total. The van der Waals surface area contributed by atoms with E-state index in [2.05, 4.69) is 31.9 Å². The monoisotopic (exact) mass is 955 g/mol. The number of methoxy groups -OCH3 is 1. The molecule has 67 heavy (non-hydrogen) atoms. The van der Waals surface area contributed by atoms with Gasteiger partial charge in [-0.3, -0.25) is 24.0 Å². The summed E-state index contributed by atoms with van der Waals surface area (Å²) in [4.78, 5) is 103. The number of esters is 2. The van der Waals surface area contributed by atoms with Crippen molar-refractivity contribution in [3.63, 3.8) is 0 Å². The highest BCUT2D eigenvalue weighted by atomic mass is 16.6. The maximum Gasteiger partial charge on any atom is 0.408 e. The average Bonchev–Trinajstić information content (AvgIpc) is 3.18. The molecule has 0 aromatic rings. The van der Waals surface area contributed by atoms with E-state index in [0.29, 0.717) is 0 Å². The minimum Gasteiger partial charge on any atom is -0.467 e. The summed E-state index contributed by atoms with van der Waals surface area (Å²) < 4.78 is 26.3. The second-order valence-electron chi connectivity index (χ2n) is 20.4. The molecular formula is C48H86N6O13. The van der Waals surface area contributed by atoms with Gasteiger partial charge < -0.3 is 55.6 Å². The van der Waals surface area contributed by atoms with E-state index in [-0.39, 0.29) is 51.0 Å². The van der Waals surface area contributed by atoms with Crippen LogP contribution in [-0.2, 0) is 52.5 Å². The van der Waals surface area contributed by atoms with Crippen molar-refractivity contribution in [2.45, 2.75) is 196 Å². The number of carbonyl (C=O) groups excluding carboxylic acids is 8. The van der Waals surface area contributed by atoms with Gasteiger partial charge in [0.05, 0.1) is 26.9 Å². The standard InChI is InChI=1S/C48H86N6O13/c1-31(2)27-34(52-45(62)67-47(10,11)12)40(57)54-48(13,14)43(60)53-38(33(5)6)41(58)51-36(39(56)50-35(28-32(3)4)42(59)63-15)30-64-25-23-21-19-17-16-18-20-22-24-26-65-37(55)29-49-44(61)66-46(7,8)9/h21,23,31-36,38H,16-20,22,24-30H2,1-15H3,(H,49,61)(H,50,56)(H,51,58)(H,52,62)(H,53,60)(H,54,57)/b23-21+/t34-,35-,36-,38-/m0/s1. The second kappa shape index (κ2) is 31.2. The second-order valence-corrected chi connectivity index (χ2v) is 20.4. The van der Waals surface area contributed by atoms with Gasteiger partial charge in [0.1, 0.15) is 47.5 Å². The number of hydrogen-bond acceptors (Lipinski definition) is 13. The van der Waals surface area contributed by atoms with Crippen molar-refractivity contribution < 1.29 is 62.0 Å². The van der Waals surface area contributed by atoms with Gasteiger partial charge in [0.25, 0.3) is 0 Å². The Kier molecular flexibility index (Phi) is 28.9. The first-order valence-electron chi connectivity index (χ1n) is 23.6. The predicted molar refractivity (Wildman–Crippen MR) is 254 cm³/mol. The topological polar surface area (TPSA) is 255 Å². The molecule has 0 aromatic carbocycles. The Bertz CT molecular complexity index is 1600. The van der Waals surface area contributed by atoms with Crippen molar-refractivity contribution in [3.8, 4) is 0 Å². The summed E-state index contributed by atoms with van der Waals surface area (Å²) in [6.45, 7) is 24.1. The zero-order chi connectivity index (χ0) is 51.5. The van der Waals surface area contributed by atoms with Gasteiger partial charge in [-0.1, -0.05) is 79.4 Å². The fourth-order valence-electron chi connectivity index (χ4n) is 6.21. The van der Waals surface area contributed by atoms with Gasteiger partial charge in [0, 0.05) is 0 Å². The van der Waals surface area contributed by atoms with Crippen molar-refractivity contribution in [2.75, 3.05) is 33.5 Å². The normalized spacial score (nSPS) is 13.8. The van der Waals surface area contributed by atoms with Crippen molar-refractivity contribution in [2.24, 2.45) is 17.8 Å². The molecule has 0 aliphatic heterocycles. The number of nitrogens with one attached hydrogen (secondary N) is 6. The Labute approximate surface area is 399 Å². The minimum atomic E-state index is -1.55. The number of allylic oxidation sites excluding steroid dienone is 1. The van der Waals surface area contributed by atoms with Crippen molar-refractivity contribution in [1.82, 2.24) is 31.9 Å². The Balaban J connectivity index is 5.46. The van der Waals surface area contributed by atoms with Gasteiger partial charge in [0.2, 0.25) is 23.6 Å². The SMILES string of the molecule is COC(=O)[C@H](CC(C)C)NC(=O)[C@H](COC/C=C/CCCCCCCCOC(=O)CNC(=O)OC(C)(C)C)NC(=O)[C@@H](NC(=O)C(C)(C)NC(=O)[C@H](CC(C)C)NC(=O)OC(C)(C)C)C(C)C. The number of ether oxygens (including phenoxy) is 5. The molecule has 0 saturated carbocycles. The number of rotatable bonds is 30. The van der Waals surface area contributed by atoms with Crippen LogP contribution in [0.5, 0.6) is 0 Å². The number of unbranched alkanes of at least 4 members (excludes halogenated alkanes) is 6. The zero-order valence-electron chi connectivity index (χ0n) is 43.2. The Morgan fingerprint density at radius 3 is 1.67 bits per heavy atom. The van der Waals surface area contributed by atoms with Crippen LogP contribution in [0.15, 0.2) is 12.2 Å².